The van der Waals surface area contributed by atoms with E-state index in [1.165, 1.54) is 12.1 Å². The first-order valence-electron chi connectivity index (χ1n) is 10.1. The number of hydrogen-bond donors (Lipinski definition) is 0. The molecule has 0 saturated carbocycles. The van der Waals surface area contributed by atoms with Gasteiger partial charge in [-0.1, -0.05) is 30.3 Å². The van der Waals surface area contributed by atoms with Crippen LogP contribution >= 0.6 is 0 Å². The van der Waals surface area contributed by atoms with Crippen LogP contribution < -0.4 is 4.90 Å². The number of nitrogens with zero attached hydrogens (tertiary/aromatic N) is 2. The van der Waals surface area contributed by atoms with Crippen molar-refractivity contribution in [2.24, 2.45) is 0 Å². The lowest BCUT2D eigenvalue weighted by atomic mass is 9.92. The summed E-state index contributed by atoms with van der Waals surface area (Å²) in [5.74, 6) is -0.291. The molecule has 5 nitrogen and oxygen atoms in total. The van der Waals surface area contributed by atoms with Gasteiger partial charge >= 0.3 is 0 Å². The van der Waals surface area contributed by atoms with E-state index in [0.29, 0.717) is 26.1 Å². The standard InChI is InChI=1S/C23H25FN2O3/c24-19-9-7-18(8-10-19)15-21(27)25-13-4-11-23(12-14-25)17-26(22(28)16-29-23)20-5-2-1-3-6-20/h1-3,5-10H,4,11-17H2. The highest BCUT2D eigenvalue weighted by molar-refractivity contribution is 5.95. The molecule has 1 unspecified atom stereocenters. The fourth-order valence-corrected chi connectivity index (χ4v) is 4.17. The van der Waals surface area contributed by atoms with Crippen LogP contribution in [-0.4, -0.2) is 48.6 Å². The Labute approximate surface area is 170 Å². The number of carbonyl (C=O) groups excluding carboxylic acids is 2. The third-order valence-corrected chi connectivity index (χ3v) is 5.84. The van der Waals surface area contributed by atoms with Gasteiger partial charge in [0.2, 0.25) is 5.91 Å². The van der Waals surface area contributed by atoms with Crippen LogP contribution in [0.4, 0.5) is 10.1 Å². The van der Waals surface area contributed by atoms with E-state index in [-0.39, 0.29) is 30.7 Å². The van der Waals surface area contributed by atoms with Crippen LogP contribution in [0.2, 0.25) is 0 Å². The minimum atomic E-state index is -0.422. The van der Waals surface area contributed by atoms with Crippen molar-refractivity contribution < 1.29 is 18.7 Å². The van der Waals surface area contributed by atoms with Crippen LogP contribution in [-0.2, 0) is 20.7 Å². The maximum atomic E-state index is 13.1. The number of carbonyl (C=O) groups is 2. The topological polar surface area (TPSA) is 49.9 Å². The zero-order chi connectivity index (χ0) is 20.3. The molecule has 2 saturated heterocycles. The molecule has 0 N–H and O–H groups in total. The molecular formula is C23H25FN2O3. The first-order chi connectivity index (χ1) is 14.0. The fraction of sp³-hybridized carbons (Fsp3) is 0.391. The molecule has 2 aromatic carbocycles. The van der Waals surface area contributed by atoms with Crippen LogP contribution in [0.25, 0.3) is 0 Å². The molecule has 2 heterocycles. The van der Waals surface area contributed by atoms with Crippen LogP contribution in [0.1, 0.15) is 24.8 Å². The zero-order valence-electron chi connectivity index (χ0n) is 16.4. The molecule has 2 amide bonds. The van der Waals surface area contributed by atoms with Crippen molar-refractivity contribution in [2.45, 2.75) is 31.3 Å². The number of hydrogen-bond acceptors (Lipinski definition) is 3. The summed E-state index contributed by atoms with van der Waals surface area (Å²) in [6.07, 6.45) is 2.59. The summed E-state index contributed by atoms with van der Waals surface area (Å²) >= 11 is 0. The first kappa shape index (κ1) is 19.6. The molecule has 2 aliphatic heterocycles. The Hall–Kier alpha value is -2.73. The molecule has 0 aliphatic carbocycles. The Bertz CT molecular complexity index is 871. The zero-order valence-corrected chi connectivity index (χ0v) is 16.4. The second-order valence-corrected chi connectivity index (χ2v) is 7.82. The first-order valence-corrected chi connectivity index (χ1v) is 10.1. The summed E-state index contributed by atoms with van der Waals surface area (Å²) in [5, 5.41) is 0. The molecular weight excluding hydrogens is 371 g/mol. The molecule has 4 rings (SSSR count). The lowest BCUT2D eigenvalue weighted by Gasteiger charge is -2.42. The Balaban J connectivity index is 1.41. The van der Waals surface area contributed by atoms with Crippen molar-refractivity contribution in [3.8, 4) is 0 Å². The molecule has 152 valence electrons. The second kappa shape index (κ2) is 8.33. The van der Waals surface area contributed by atoms with Crippen LogP contribution in [0.5, 0.6) is 0 Å². The van der Waals surface area contributed by atoms with Gasteiger partial charge in [0, 0.05) is 18.8 Å². The van der Waals surface area contributed by atoms with Gasteiger partial charge in [0.25, 0.3) is 5.91 Å². The van der Waals surface area contributed by atoms with Crippen molar-refractivity contribution in [3.05, 3.63) is 66.0 Å². The van der Waals surface area contributed by atoms with Crippen molar-refractivity contribution in [2.75, 3.05) is 31.1 Å². The highest BCUT2D eigenvalue weighted by atomic mass is 19.1. The number of morpholine rings is 1. The van der Waals surface area contributed by atoms with E-state index in [0.717, 1.165) is 24.1 Å². The van der Waals surface area contributed by atoms with Gasteiger partial charge in [-0.3, -0.25) is 9.59 Å². The van der Waals surface area contributed by atoms with Gasteiger partial charge < -0.3 is 14.5 Å². The monoisotopic (exact) mass is 396 g/mol. The van der Waals surface area contributed by atoms with Gasteiger partial charge in [-0.2, -0.15) is 0 Å². The molecule has 0 radical (unpaired) electrons. The Kier molecular flexibility index (Phi) is 5.62. The lowest BCUT2D eigenvalue weighted by Crippen LogP contribution is -2.55. The van der Waals surface area contributed by atoms with Gasteiger partial charge in [-0.15, -0.1) is 0 Å². The van der Waals surface area contributed by atoms with Crippen molar-refractivity contribution in [1.29, 1.82) is 0 Å². The highest BCUT2D eigenvalue weighted by Gasteiger charge is 2.41. The van der Waals surface area contributed by atoms with Gasteiger partial charge in [0.05, 0.1) is 18.6 Å². The van der Waals surface area contributed by atoms with E-state index < -0.39 is 5.60 Å². The largest absolute Gasteiger partial charge is 0.363 e. The summed E-state index contributed by atoms with van der Waals surface area (Å²) in [5.41, 5.74) is 1.27. The Morgan fingerprint density at radius 2 is 1.79 bits per heavy atom. The fourth-order valence-electron chi connectivity index (χ4n) is 4.17. The normalized spacial score (nSPS) is 22.6. The number of halogens is 1. The predicted octanol–water partition coefficient (Wildman–Crippen LogP) is 3.18. The number of likely N-dealkylation sites (tertiary alicyclic amines) is 1. The molecule has 2 fully saturated rings. The van der Waals surface area contributed by atoms with Crippen molar-refractivity contribution >= 4 is 17.5 Å². The Morgan fingerprint density at radius 1 is 1.03 bits per heavy atom. The van der Waals surface area contributed by atoms with Gasteiger partial charge in [-0.05, 0) is 49.1 Å². The summed E-state index contributed by atoms with van der Waals surface area (Å²) < 4.78 is 19.1. The smallest absolute Gasteiger partial charge is 0.253 e. The van der Waals surface area contributed by atoms with Crippen LogP contribution in [0.3, 0.4) is 0 Å². The molecule has 1 atom stereocenters. The quantitative estimate of drug-likeness (QED) is 0.801. The molecule has 2 aliphatic rings. The maximum Gasteiger partial charge on any atom is 0.253 e. The van der Waals surface area contributed by atoms with Crippen LogP contribution in [0, 0.1) is 5.82 Å². The van der Waals surface area contributed by atoms with Gasteiger partial charge in [0.15, 0.2) is 0 Å². The summed E-state index contributed by atoms with van der Waals surface area (Å²) in [4.78, 5) is 28.8. The number of benzene rings is 2. The third-order valence-electron chi connectivity index (χ3n) is 5.84. The number of amides is 2. The molecule has 0 aromatic heterocycles. The minimum absolute atomic E-state index is 0.0321. The summed E-state index contributed by atoms with van der Waals surface area (Å²) in [6, 6.07) is 15.7. The van der Waals surface area contributed by atoms with Crippen molar-refractivity contribution in [3.63, 3.8) is 0 Å². The molecule has 0 bridgehead atoms. The lowest BCUT2D eigenvalue weighted by molar-refractivity contribution is -0.141. The minimum Gasteiger partial charge on any atom is -0.363 e. The molecule has 6 heteroatoms. The van der Waals surface area contributed by atoms with E-state index >= 15 is 0 Å². The van der Waals surface area contributed by atoms with Crippen molar-refractivity contribution in [1.82, 2.24) is 4.90 Å². The SMILES string of the molecule is O=C(Cc1ccc(F)cc1)N1CCCC2(CC1)CN(c1ccccc1)C(=O)CO2. The van der Waals surface area contributed by atoms with Gasteiger partial charge in [0.1, 0.15) is 12.4 Å². The maximum absolute atomic E-state index is 13.1. The van der Waals surface area contributed by atoms with E-state index in [4.69, 9.17) is 4.74 Å². The Morgan fingerprint density at radius 3 is 2.55 bits per heavy atom. The molecule has 2 aromatic rings. The summed E-state index contributed by atoms with van der Waals surface area (Å²) in [7, 11) is 0. The number of rotatable bonds is 3. The molecule has 29 heavy (non-hydrogen) atoms. The van der Waals surface area contributed by atoms with E-state index in [1.807, 2.05) is 35.2 Å². The van der Waals surface area contributed by atoms with E-state index in [1.54, 1.807) is 17.0 Å². The third kappa shape index (κ3) is 4.48. The average Bonchev–Trinajstić information content (AvgIpc) is 2.95. The van der Waals surface area contributed by atoms with E-state index in [9.17, 15) is 14.0 Å². The number of anilines is 1. The van der Waals surface area contributed by atoms with Crippen LogP contribution in [0.15, 0.2) is 54.6 Å². The average molecular weight is 396 g/mol. The number of para-hydroxylation sites is 1. The predicted molar refractivity (Wildman–Crippen MR) is 108 cm³/mol. The summed E-state index contributed by atoms with van der Waals surface area (Å²) in [6.45, 7) is 1.84. The highest BCUT2D eigenvalue weighted by Crippen LogP contribution is 2.33. The second-order valence-electron chi connectivity index (χ2n) is 7.82. The van der Waals surface area contributed by atoms with E-state index in [2.05, 4.69) is 0 Å². The molecule has 1 spiro atoms. The van der Waals surface area contributed by atoms with Gasteiger partial charge in [-0.25, -0.2) is 4.39 Å². The number of ether oxygens (including phenoxy) is 1.